The van der Waals surface area contributed by atoms with Gasteiger partial charge < -0.3 is 15.1 Å². The monoisotopic (exact) mass is 404 g/mol. The maximum absolute atomic E-state index is 13.2. The molecular formula is C20H16N6O2S. The maximum atomic E-state index is 13.2. The Kier molecular flexibility index (Phi) is 4.21. The van der Waals surface area contributed by atoms with E-state index in [2.05, 4.69) is 25.7 Å². The molecule has 29 heavy (non-hydrogen) atoms. The summed E-state index contributed by atoms with van der Waals surface area (Å²) < 4.78 is 7.17. The van der Waals surface area contributed by atoms with Gasteiger partial charge in [0.15, 0.2) is 5.76 Å². The molecule has 0 saturated heterocycles. The highest BCUT2D eigenvalue weighted by Gasteiger charge is 2.35. The van der Waals surface area contributed by atoms with Crippen molar-refractivity contribution in [3.63, 3.8) is 0 Å². The zero-order chi connectivity index (χ0) is 19.8. The summed E-state index contributed by atoms with van der Waals surface area (Å²) in [7, 11) is 0. The van der Waals surface area contributed by atoms with Gasteiger partial charge in [0.1, 0.15) is 6.04 Å². The standard InChI is InChI=1S/C20H16N6O2S/c1-12-16(19(27)23-13-5-2-8-21-11-13)17(15-7-4-10-29-15)26-20(22-12)24-18(25-26)14-6-3-9-28-14/h2-11,17H,1H3,(H,23,27)(H,22,24,25). The van der Waals surface area contributed by atoms with E-state index in [0.29, 0.717) is 28.8 Å². The van der Waals surface area contributed by atoms with Crippen LogP contribution in [0.15, 0.2) is 76.1 Å². The molecule has 5 heterocycles. The van der Waals surface area contributed by atoms with Crippen molar-refractivity contribution in [3.8, 4) is 11.6 Å². The molecule has 5 rings (SSSR count). The second-order valence-corrected chi connectivity index (χ2v) is 7.44. The molecule has 0 radical (unpaired) electrons. The van der Waals surface area contributed by atoms with E-state index in [0.717, 1.165) is 10.6 Å². The molecule has 0 aromatic carbocycles. The molecular weight excluding hydrogens is 388 g/mol. The quantitative estimate of drug-likeness (QED) is 0.535. The Bertz CT molecular complexity index is 1180. The Morgan fingerprint density at radius 1 is 1.28 bits per heavy atom. The number of carbonyl (C=O) groups is 1. The summed E-state index contributed by atoms with van der Waals surface area (Å²) in [5, 5.41) is 12.7. The Morgan fingerprint density at radius 3 is 2.93 bits per heavy atom. The van der Waals surface area contributed by atoms with Crippen molar-refractivity contribution in [1.29, 1.82) is 0 Å². The van der Waals surface area contributed by atoms with Crippen LogP contribution < -0.4 is 10.6 Å². The number of hydrogen-bond acceptors (Lipinski definition) is 7. The van der Waals surface area contributed by atoms with Crippen molar-refractivity contribution < 1.29 is 9.21 Å². The fourth-order valence-corrected chi connectivity index (χ4v) is 4.12. The van der Waals surface area contributed by atoms with Gasteiger partial charge in [0.05, 0.1) is 23.7 Å². The molecule has 144 valence electrons. The third-order valence-corrected chi connectivity index (χ3v) is 5.50. The topological polar surface area (TPSA) is 97.9 Å². The van der Waals surface area contributed by atoms with Crippen molar-refractivity contribution in [2.45, 2.75) is 13.0 Å². The fraction of sp³-hybridized carbons (Fsp3) is 0.100. The molecule has 0 spiro atoms. The first-order valence-electron chi connectivity index (χ1n) is 8.93. The van der Waals surface area contributed by atoms with Gasteiger partial charge in [-0.3, -0.25) is 9.78 Å². The highest BCUT2D eigenvalue weighted by molar-refractivity contribution is 7.10. The molecule has 9 heteroatoms. The van der Waals surface area contributed by atoms with Crippen molar-refractivity contribution in [2.24, 2.45) is 0 Å². The molecule has 2 N–H and O–H groups in total. The number of fused-ring (bicyclic) bond motifs is 1. The van der Waals surface area contributed by atoms with Gasteiger partial charge in [0.25, 0.3) is 5.91 Å². The number of thiophene rings is 1. The molecule has 1 unspecified atom stereocenters. The van der Waals surface area contributed by atoms with E-state index in [1.54, 1.807) is 58.9 Å². The molecule has 0 aliphatic carbocycles. The van der Waals surface area contributed by atoms with Crippen LogP contribution in [0.5, 0.6) is 0 Å². The van der Waals surface area contributed by atoms with Crippen LogP contribution in [0.25, 0.3) is 11.6 Å². The zero-order valence-electron chi connectivity index (χ0n) is 15.4. The van der Waals surface area contributed by atoms with Crippen LogP contribution in [-0.4, -0.2) is 25.7 Å². The summed E-state index contributed by atoms with van der Waals surface area (Å²) >= 11 is 1.56. The van der Waals surface area contributed by atoms with Crippen LogP contribution in [0.3, 0.4) is 0 Å². The molecule has 0 fully saturated rings. The van der Waals surface area contributed by atoms with Crippen molar-refractivity contribution >= 4 is 28.9 Å². The lowest BCUT2D eigenvalue weighted by Gasteiger charge is -2.27. The normalized spacial score (nSPS) is 15.7. The minimum Gasteiger partial charge on any atom is -0.461 e. The Labute approximate surface area is 169 Å². The Balaban J connectivity index is 1.58. The predicted molar refractivity (Wildman–Crippen MR) is 109 cm³/mol. The lowest BCUT2D eigenvalue weighted by Crippen LogP contribution is -2.31. The number of nitrogens with one attached hydrogen (secondary N) is 2. The van der Waals surface area contributed by atoms with Gasteiger partial charge in [-0.25, -0.2) is 4.68 Å². The number of anilines is 2. The summed E-state index contributed by atoms with van der Waals surface area (Å²) in [4.78, 5) is 22.8. The smallest absolute Gasteiger partial charge is 0.255 e. The van der Waals surface area contributed by atoms with Gasteiger partial charge in [-0.2, -0.15) is 4.98 Å². The number of carbonyl (C=O) groups excluding carboxylic acids is 1. The predicted octanol–water partition coefficient (Wildman–Crippen LogP) is 3.92. The summed E-state index contributed by atoms with van der Waals surface area (Å²) in [5.41, 5.74) is 1.92. The van der Waals surface area contributed by atoms with Gasteiger partial charge in [0.2, 0.25) is 11.8 Å². The minimum absolute atomic E-state index is 0.220. The highest BCUT2D eigenvalue weighted by Crippen LogP contribution is 2.38. The van der Waals surface area contributed by atoms with Crippen LogP contribution in [0.1, 0.15) is 17.8 Å². The van der Waals surface area contributed by atoms with E-state index in [1.807, 2.05) is 24.4 Å². The average Bonchev–Trinajstić information content (AvgIpc) is 3.48. The van der Waals surface area contributed by atoms with E-state index < -0.39 is 6.04 Å². The first-order chi connectivity index (χ1) is 14.2. The first kappa shape index (κ1) is 17.4. The molecule has 1 aliphatic rings. The molecule has 1 atom stereocenters. The van der Waals surface area contributed by atoms with E-state index in [-0.39, 0.29) is 5.91 Å². The largest absolute Gasteiger partial charge is 0.461 e. The lowest BCUT2D eigenvalue weighted by atomic mass is 10.0. The van der Waals surface area contributed by atoms with Gasteiger partial charge in [-0.1, -0.05) is 6.07 Å². The number of furan rings is 1. The van der Waals surface area contributed by atoms with E-state index >= 15 is 0 Å². The molecule has 0 bridgehead atoms. The first-order valence-corrected chi connectivity index (χ1v) is 9.81. The third-order valence-electron chi connectivity index (χ3n) is 4.57. The van der Waals surface area contributed by atoms with E-state index in [9.17, 15) is 4.79 Å². The number of amides is 1. The fourth-order valence-electron chi connectivity index (χ4n) is 3.30. The van der Waals surface area contributed by atoms with Gasteiger partial charge >= 0.3 is 0 Å². The number of allylic oxidation sites excluding steroid dienone is 1. The molecule has 8 nitrogen and oxygen atoms in total. The summed E-state index contributed by atoms with van der Waals surface area (Å²) in [6, 6.07) is 10.7. The highest BCUT2D eigenvalue weighted by atomic mass is 32.1. The van der Waals surface area contributed by atoms with Crippen LogP contribution in [-0.2, 0) is 4.79 Å². The third kappa shape index (κ3) is 3.11. The number of rotatable bonds is 4. The van der Waals surface area contributed by atoms with Crippen molar-refractivity contribution in [2.75, 3.05) is 10.6 Å². The van der Waals surface area contributed by atoms with Crippen molar-refractivity contribution in [1.82, 2.24) is 19.7 Å². The average molecular weight is 404 g/mol. The summed E-state index contributed by atoms with van der Waals surface area (Å²) in [5.74, 6) is 1.37. The number of hydrogen-bond donors (Lipinski definition) is 2. The number of nitrogens with zero attached hydrogens (tertiary/aromatic N) is 4. The molecule has 4 aromatic heterocycles. The summed E-state index contributed by atoms with van der Waals surface area (Å²) in [6.07, 6.45) is 4.85. The second kappa shape index (κ2) is 7.02. The zero-order valence-corrected chi connectivity index (χ0v) is 16.2. The van der Waals surface area contributed by atoms with Gasteiger partial charge in [-0.05, 0) is 42.6 Å². The number of aromatic nitrogens is 4. The van der Waals surface area contributed by atoms with Gasteiger partial charge in [-0.15, -0.1) is 16.4 Å². The van der Waals surface area contributed by atoms with E-state index in [1.165, 1.54) is 0 Å². The molecule has 0 saturated carbocycles. The summed E-state index contributed by atoms with van der Waals surface area (Å²) in [6.45, 7) is 1.86. The van der Waals surface area contributed by atoms with Crippen LogP contribution in [0.4, 0.5) is 11.6 Å². The van der Waals surface area contributed by atoms with E-state index in [4.69, 9.17) is 4.42 Å². The lowest BCUT2D eigenvalue weighted by molar-refractivity contribution is -0.113. The number of pyridine rings is 1. The van der Waals surface area contributed by atoms with Gasteiger partial charge in [0, 0.05) is 16.8 Å². The molecule has 1 aliphatic heterocycles. The second-order valence-electron chi connectivity index (χ2n) is 6.46. The molecule has 4 aromatic rings. The van der Waals surface area contributed by atoms with Crippen LogP contribution >= 0.6 is 11.3 Å². The maximum Gasteiger partial charge on any atom is 0.255 e. The van der Waals surface area contributed by atoms with Crippen LogP contribution in [0.2, 0.25) is 0 Å². The Morgan fingerprint density at radius 2 is 2.21 bits per heavy atom. The molecule has 1 amide bonds. The SMILES string of the molecule is CC1=C(C(=O)Nc2cccnc2)C(c2cccs2)n2nc(-c3ccco3)nc2N1. The van der Waals surface area contributed by atoms with Crippen molar-refractivity contribution in [3.05, 3.63) is 76.6 Å². The van der Waals surface area contributed by atoms with Crippen LogP contribution in [0, 0.1) is 0 Å². The minimum atomic E-state index is -0.404. The Hall–Kier alpha value is -3.72.